The Hall–Kier alpha value is -2.47. The van der Waals surface area contributed by atoms with E-state index in [1.54, 1.807) is 6.26 Å². The zero-order valence-corrected chi connectivity index (χ0v) is 16.1. The zero-order valence-electron chi connectivity index (χ0n) is 16.1. The molecule has 0 unspecified atom stereocenters. The molecule has 146 valence electrons. The number of nitrogens with zero attached hydrogens (tertiary/aromatic N) is 1. The van der Waals surface area contributed by atoms with Crippen LogP contribution in [0.3, 0.4) is 0 Å². The fourth-order valence-corrected chi connectivity index (χ4v) is 3.19. The Balaban J connectivity index is 1.40. The van der Waals surface area contributed by atoms with Gasteiger partial charge in [0.25, 0.3) is 0 Å². The molecule has 3 rings (SSSR count). The molecule has 0 bridgehead atoms. The van der Waals surface area contributed by atoms with Gasteiger partial charge in [0.2, 0.25) is 0 Å². The molecular formula is C21H29N3O3. The van der Waals surface area contributed by atoms with Gasteiger partial charge in [-0.2, -0.15) is 0 Å². The van der Waals surface area contributed by atoms with Crippen LogP contribution in [-0.4, -0.2) is 43.2 Å². The third-order valence-electron chi connectivity index (χ3n) is 4.86. The van der Waals surface area contributed by atoms with Crippen LogP contribution in [0, 0.1) is 0 Å². The van der Waals surface area contributed by atoms with E-state index in [4.69, 9.17) is 9.15 Å². The molecule has 1 aromatic heterocycles. The summed E-state index contributed by atoms with van der Waals surface area (Å²) in [6.07, 6.45) is 5.67. The number of amides is 2. The Morgan fingerprint density at radius 2 is 2.00 bits per heavy atom. The van der Waals surface area contributed by atoms with E-state index in [-0.39, 0.29) is 18.2 Å². The first-order valence-corrected chi connectivity index (χ1v) is 9.63. The van der Waals surface area contributed by atoms with Crippen LogP contribution in [-0.2, 0) is 6.42 Å². The minimum Gasteiger partial charge on any atom is -0.490 e. The SMILES string of the molecule is C[C@H](CCc1ccco1)NC(=O)Nc1ccc(OC2CCN(C)CC2)cc1. The summed E-state index contributed by atoms with van der Waals surface area (Å²) in [5, 5.41) is 5.81. The van der Waals surface area contributed by atoms with Crippen LogP contribution in [0.5, 0.6) is 5.75 Å². The monoisotopic (exact) mass is 371 g/mol. The number of rotatable bonds is 7. The minimum atomic E-state index is -0.203. The fourth-order valence-electron chi connectivity index (χ4n) is 3.19. The predicted molar refractivity (Wildman–Crippen MR) is 106 cm³/mol. The summed E-state index contributed by atoms with van der Waals surface area (Å²) >= 11 is 0. The number of hydrogen-bond acceptors (Lipinski definition) is 4. The highest BCUT2D eigenvalue weighted by Gasteiger charge is 2.18. The van der Waals surface area contributed by atoms with Gasteiger partial charge in [-0.25, -0.2) is 4.79 Å². The number of furan rings is 1. The van der Waals surface area contributed by atoms with E-state index in [2.05, 4.69) is 22.6 Å². The van der Waals surface area contributed by atoms with Crippen molar-refractivity contribution in [1.82, 2.24) is 10.2 Å². The number of carbonyl (C=O) groups excluding carboxylic acids is 1. The maximum absolute atomic E-state index is 12.1. The van der Waals surface area contributed by atoms with Crippen molar-refractivity contribution in [3.63, 3.8) is 0 Å². The maximum Gasteiger partial charge on any atom is 0.319 e. The van der Waals surface area contributed by atoms with Crippen molar-refractivity contribution in [1.29, 1.82) is 0 Å². The second kappa shape index (κ2) is 9.46. The van der Waals surface area contributed by atoms with Crippen molar-refractivity contribution in [3.05, 3.63) is 48.4 Å². The normalized spacial score (nSPS) is 16.7. The van der Waals surface area contributed by atoms with Crippen molar-refractivity contribution in [2.45, 2.75) is 44.8 Å². The van der Waals surface area contributed by atoms with Crippen molar-refractivity contribution in [3.8, 4) is 5.75 Å². The molecule has 1 aliphatic rings. The smallest absolute Gasteiger partial charge is 0.319 e. The van der Waals surface area contributed by atoms with Crippen molar-refractivity contribution >= 4 is 11.7 Å². The first kappa shape index (κ1) is 19.3. The van der Waals surface area contributed by atoms with Crippen molar-refractivity contribution < 1.29 is 13.9 Å². The van der Waals surface area contributed by atoms with E-state index < -0.39 is 0 Å². The maximum atomic E-state index is 12.1. The molecule has 6 nitrogen and oxygen atoms in total. The molecule has 1 aliphatic heterocycles. The van der Waals surface area contributed by atoms with Gasteiger partial charge in [0.05, 0.1) is 6.26 Å². The van der Waals surface area contributed by atoms with Gasteiger partial charge in [-0.3, -0.25) is 0 Å². The van der Waals surface area contributed by atoms with E-state index in [0.29, 0.717) is 0 Å². The lowest BCUT2D eigenvalue weighted by Crippen LogP contribution is -2.36. The van der Waals surface area contributed by atoms with Crippen LogP contribution in [0.25, 0.3) is 0 Å². The number of piperidine rings is 1. The van der Waals surface area contributed by atoms with Crippen LogP contribution in [0.2, 0.25) is 0 Å². The molecule has 6 heteroatoms. The highest BCUT2D eigenvalue weighted by molar-refractivity contribution is 5.89. The second-order valence-corrected chi connectivity index (χ2v) is 7.26. The molecular weight excluding hydrogens is 342 g/mol. The number of ether oxygens (including phenoxy) is 1. The largest absolute Gasteiger partial charge is 0.490 e. The molecule has 0 saturated carbocycles. The highest BCUT2D eigenvalue weighted by Crippen LogP contribution is 2.20. The number of aryl methyl sites for hydroxylation is 1. The molecule has 0 spiro atoms. The molecule has 27 heavy (non-hydrogen) atoms. The quantitative estimate of drug-likeness (QED) is 0.775. The third kappa shape index (κ3) is 6.32. The molecule has 1 aromatic carbocycles. The van der Waals surface area contributed by atoms with Crippen LogP contribution >= 0.6 is 0 Å². The molecule has 2 aromatic rings. The molecule has 2 heterocycles. The summed E-state index contributed by atoms with van der Waals surface area (Å²) in [6, 6.07) is 11.2. The van der Waals surface area contributed by atoms with Crippen molar-refractivity contribution in [2.24, 2.45) is 0 Å². The fraction of sp³-hybridized carbons (Fsp3) is 0.476. The van der Waals surface area contributed by atoms with Gasteiger partial charge in [-0.15, -0.1) is 0 Å². The number of carbonyl (C=O) groups is 1. The Bertz CT molecular complexity index is 692. The average Bonchev–Trinajstić information content (AvgIpc) is 3.17. The number of hydrogen-bond donors (Lipinski definition) is 2. The van der Waals surface area contributed by atoms with Gasteiger partial charge in [0.1, 0.15) is 17.6 Å². The van der Waals surface area contributed by atoms with Crippen LogP contribution in [0.1, 0.15) is 31.9 Å². The van der Waals surface area contributed by atoms with Gasteiger partial charge in [-0.05, 0) is 69.6 Å². The van der Waals surface area contributed by atoms with Crippen LogP contribution in [0.4, 0.5) is 10.5 Å². The summed E-state index contributed by atoms with van der Waals surface area (Å²) in [5.74, 6) is 1.78. The molecule has 1 fully saturated rings. The first-order chi connectivity index (χ1) is 13.1. The summed E-state index contributed by atoms with van der Waals surface area (Å²) in [6.45, 7) is 4.13. The molecule has 1 saturated heterocycles. The standard InChI is InChI=1S/C21H29N3O3/c1-16(5-8-18-4-3-15-26-18)22-21(25)23-17-6-9-19(10-7-17)27-20-11-13-24(2)14-12-20/h3-4,6-7,9-10,15-16,20H,5,8,11-14H2,1-2H3,(H2,22,23,25)/t16-/m1/s1. The summed E-state index contributed by atoms with van der Waals surface area (Å²) in [5.41, 5.74) is 0.751. The Labute approximate surface area is 160 Å². The van der Waals surface area contributed by atoms with E-state index in [9.17, 15) is 4.79 Å². The number of anilines is 1. The summed E-state index contributed by atoms with van der Waals surface area (Å²) in [4.78, 5) is 14.5. The van der Waals surface area contributed by atoms with Crippen LogP contribution in [0.15, 0.2) is 47.1 Å². The average molecular weight is 371 g/mol. The molecule has 0 radical (unpaired) electrons. The topological polar surface area (TPSA) is 66.7 Å². The Morgan fingerprint density at radius 1 is 1.26 bits per heavy atom. The van der Waals surface area contributed by atoms with E-state index in [1.165, 1.54) is 0 Å². The van der Waals surface area contributed by atoms with Gasteiger partial charge in [0, 0.05) is 31.2 Å². The second-order valence-electron chi connectivity index (χ2n) is 7.26. The van der Waals surface area contributed by atoms with Gasteiger partial charge >= 0.3 is 6.03 Å². The lowest BCUT2D eigenvalue weighted by molar-refractivity contribution is 0.114. The predicted octanol–water partition coefficient (Wildman–Crippen LogP) is 3.90. The Morgan fingerprint density at radius 3 is 2.67 bits per heavy atom. The molecule has 2 amide bonds. The highest BCUT2D eigenvalue weighted by atomic mass is 16.5. The van der Waals surface area contributed by atoms with Gasteiger partial charge in [-0.1, -0.05) is 0 Å². The van der Waals surface area contributed by atoms with Gasteiger partial charge in [0.15, 0.2) is 0 Å². The number of benzene rings is 1. The number of urea groups is 1. The van der Waals surface area contributed by atoms with Crippen LogP contribution < -0.4 is 15.4 Å². The summed E-state index contributed by atoms with van der Waals surface area (Å²) < 4.78 is 11.3. The Kier molecular flexibility index (Phi) is 6.76. The molecule has 1 atom stereocenters. The van der Waals surface area contributed by atoms with Crippen molar-refractivity contribution in [2.75, 3.05) is 25.5 Å². The lowest BCUT2D eigenvalue weighted by atomic mass is 10.1. The zero-order chi connectivity index (χ0) is 19.1. The number of likely N-dealkylation sites (tertiary alicyclic amines) is 1. The van der Waals surface area contributed by atoms with Gasteiger partial charge < -0.3 is 24.7 Å². The number of nitrogens with one attached hydrogen (secondary N) is 2. The van der Waals surface area contributed by atoms with E-state index in [0.717, 1.165) is 56.0 Å². The first-order valence-electron chi connectivity index (χ1n) is 9.63. The van der Waals surface area contributed by atoms with E-state index in [1.807, 2.05) is 43.3 Å². The molecule has 2 N–H and O–H groups in total. The minimum absolute atomic E-state index is 0.0575. The molecule has 0 aliphatic carbocycles. The van der Waals surface area contributed by atoms with E-state index >= 15 is 0 Å². The summed E-state index contributed by atoms with van der Waals surface area (Å²) in [7, 11) is 2.14. The third-order valence-corrected chi connectivity index (χ3v) is 4.86. The lowest BCUT2D eigenvalue weighted by Gasteiger charge is -2.29.